The molecule has 0 amide bonds. The fraction of sp³-hybridized carbons (Fsp3) is 0. The number of benzene rings is 8. The Kier molecular flexibility index (Phi) is 6.53. The topological polar surface area (TPSA) is 44.5 Å². The molecule has 0 saturated carbocycles. The van der Waals surface area contributed by atoms with E-state index in [2.05, 4.69) is 212 Å². The lowest BCUT2D eigenvalue weighted by atomic mass is 10.0. The zero-order valence-electron chi connectivity index (χ0n) is 30.2. The maximum Gasteiger partial charge on any atom is 0.220 e. The number of nitrogens with zero attached hydrogens (tertiary/aromatic N) is 6. The summed E-state index contributed by atoms with van der Waals surface area (Å²) in [6, 6.07) is 69.0. The molecule has 4 heterocycles. The lowest BCUT2D eigenvalue weighted by molar-refractivity contribution is 1.11. The van der Waals surface area contributed by atoms with Crippen molar-refractivity contribution in [3.63, 3.8) is 0 Å². The molecule has 0 aliphatic heterocycles. The molecule has 0 aliphatic carbocycles. The molecule has 0 N–H and O–H groups in total. The van der Waals surface area contributed by atoms with E-state index < -0.39 is 0 Å². The minimum absolute atomic E-state index is 0.891. The fourth-order valence-corrected chi connectivity index (χ4v) is 8.54. The van der Waals surface area contributed by atoms with Crippen molar-refractivity contribution in [1.82, 2.24) is 27.9 Å². The van der Waals surface area contributed by atoms with E-state index in [1.54, 1.807) is 0 Å². The van der Waals surface area contributed by atoms with Crippen LogP contribution in [0.3, 0.4) is 0 Å². The average Bonchev–Trinajstić information content (AvgIpc) is 4.00. The molecule has 0 atom stereocenters. The van der Waals surface area contributed by atoms with Crippen LogP contribution in [0.15, 0.2) is 194 Å². The molecule has 0 bridgehead atoms. The van der Waals surface area contributed by atoms with Gasteiger partial charge in [-0.05, 0) is 106 Å². The zero-order valence-corrected chi connectivity index (χ0v) is 30.2. The summed E-state index contributed by atoms with van der Waals surface area (Å²) in [7, 11) is 0. The van der Waals surface area contributed by atoms with Crippen molar-refractivity contribution < 1.29 is 0 Å². The summed E-state index contributed by atoms with van der Waals surface area (Å²) in [5.41, 5.74) is 17.7. The molecule has 0 saturated heterocycles. The summed E-state index contributed by atoms with van der Waals surface area (Å²) in [5.74, 6) is 1.78. The van der Waals surface area contributed by atoms with Crippen LogP contribution in [-0.2, 0) is 0 Å². The molecule has 262 valence electrons. The molecular weight excluding hydrogens is 685 g/mol. The number of aromatic nitrogens is 6. The standard InChI is InChI=1S/C50H32N6/c1-3-11-33(12-4-1)35-19-25-39(26-20-35)53-45-29-23-38(32-48(45)56-44-18-10-8-16-42(44)51-49(53)56)37-24-30-46-47(31-37)54(50-52-41-15-7-9-17-43(41)55(46)50)40-27-21-36(22-28-40)34-13-5-2-6-14-34/h1-32H. The van der Waals surface area contributed by atoms with Crippen molar-refractivity contribution in [1.29, 1.82) is 0 Å². The van der Waals surface area contributed by atoms with Gasteiger partial charge in [0.2, 0.25) is 11.6 Å². The Morgan fingerprint density at radius 2 is 0.661 bits per heavy atom. The number of para-hydroxylation sites is 4. The first-order chi connectivity index (χ1) is 27.8. The van der Waals surface area contributed by atoms with Gasteiger partial charge < -0.3 is 0 Å². The quantitative estimate of drug-likeness (QED) is 0.178. The van der Waals surface area contributed by atoms with E-state index in [0.717, 1.165) is 78.2 Å². The van der Waals surface area contributed by atoms with Crippen LogP contribution in [0.25, 0.3) is 100 Å². The molecule has 0 spiro atoms. The highest BCUT2D eigenvalue weighted by Crippen LogP contribution is 2.36. The van der Waals surface area contributed by atoms with Gasteiger partial charge in [-0.3, -0.25) is 17.9 Å². The average molecular weight is 717 g/mol. The minimum Gasteiger partial charge on any atom is -0.278 e. The number of imidazole rings is 4. The van der Waals surface area contributed by atoms with Crippen molar-refractivity contribution in [3.8, 4) is 44.8 Å². The molecule has 0 radical (unpaired) electrons. The number of hydrogen-bond donors (Lipinski definition) is 0. The summed E-state index contributed by atoms with van der Waals surface area (Å²) in [6.07, 6.45) is 0. The van der Waals surface area contributed by atoms with Gasteiger partial charge in [0.05, 0.1) is 44.1 Å². The van der Waals surface area contributed by atoms with Crippen LogP contribution in [0.1, 0.15) is 0 Å². The summed E-state index contributed by atoms with van der Waals surface area (Å²) >= 11 is 0. The van der Waals surface area contributed by atoms with Crippen molar-refractivity contribution >= 4 is 55.7 Å². The number of rotatable bonds is 5. The highest BCUT2D eigenvalue weighted by Gasteiger charge is 2.21. The minimum atomic E-state index is 0.891. The van der Waals surface area contributed by atoms with Gasteiger partial charge in [-0.1, -0.05) is 121 Å². The third kappa shape index (κ3) is 4.56. The molecule has 8 aromatic carbocycles. The van der Waals surface area contributed by atoms with Gasteiger partial charge in [0.1, 0.15) is 0 Å². The summed E-state index contributed by atoms with van der Waals surface area (Å²) in [5, 5.41) is 0. The lowest BCUT2D eigenvalue weighted by Crippen LogP contribution is -1.95. The second-order valence-electron chi connectivity index (χ2n) is 14.4. The SMILES string of the molecule is c1ccc(-c2ccc(-n3c4cc(-c5ccc6c(c5)n5c7ccccc7nc5n6-c5ccc(-c6ccccc6)cc5)ccc4n4c5ccccc5nc34)cc2)cc1. The molecular formula is C50H32N6. The van der Waals surface area contributed by atoms with E-state index in [4.69, 9.17) is 9.97 Å². The predicted molar refractivity (Wildman–Crippen MR) is 229 cm³/mol. The van der Waals surface area contributed by atoms with E-state index >= 15 is 0 Å². The lowest BCUT2D eigenvalue weighted by Gasteiger charge is -2.10. The zero-order chi connectivity index (χ0) is 36.7. The Bertz CT molecular complexity index is 3440. The number of hydrogen-bond acceptors (Lipinski definition) is 2. The molecule has 0 fully saturated rings. The highest BCUT2D eigenvalue weighted by atomic mass is 15.2. The van der Waals surface area contributed by atoms with Crippen LogP contribution < -0.4 is 0 Å². The summed E-state index contributed by atoms with van der Waals surface area (Å²) < 4.78 is 9.16. The van der Waals surface area contributed by atoms with Crippen LogP contribution in [0.5, 0.6) is 0 Å². The van der Waals surface area contributed by atoms with Crippen LogP contribution in [0.4, 0.5) is 0 Å². The van der Waals surface area contributed by atoms with E-state index in [1.165, 1.54) is 22.3 Å². The Balaban J connectivity index is 1.05. The third-order valence-electron chi connectivity index (χ3n) is 11.2. The van der Waals surface area contributed by atoms with Crippen LogP contribution in [-0.4, -0.2) is 27.9 Å². The Morgan fingerprint density at radius 3 is 1.20 bits per heavy atom. The predicted octanol–water partition coefficient (Wildman–Crippen LogP) is 12.2. The van der Waals surface area contributed by atoms with E-state index in [0.29, 0.717) is 0 Å². The second kappa shape index (κ2) is 11.9. The first-order valence-electron chi connectivity index (χ1n) is 18.9. The van der Waals surface area contributed by atoms with Gasteiger partial charge in [-0.2, -0.15) is 0 Å². The third-order valence-corrected chi connectivity index (χ3v) is 11.2. The van der Waals surface area contributed by atoms with Crippen LogP contribution in [0, 0.1) is 0 Å². The van der Waals surface area contributed by atoms with E-state index in [9.17, 15) is 0 Å². The maximum atomic E-state index is 5.18. The normalized spacial score (nSPS) is 11.9. The Morgan fingerprint density at radius 1 is 0.268 bits per heavy atom. The van der Waals surface area contributed by atoms with Gasteiger partial charge >= 0.3 is 0 Å². The van der Waals surface area contributed by atoms with E-state index in [-0.39, 0.29) is 0 Å². The maximum absolute atomic E-state index is 5.18. The smallest absolute Gasteiger partial charge is 0.220 e. The first-order valence-corrected chi connectivity index (χ1v) is 18.9. The molecule has 56 heavy (non-hydrogen) atoms. The van der Waals surface area contributed by atoms with Crippen LogP contribution in [0.2, 0.25) is 0 Å². The molecule has 6 nitrogen and oxygen atoms in total. The molecule has 0 unspecified atom stereocenters. The summed E-state index contributed by atoms with van der Waals surface area (Å²) in [4.78, 5) is 10.4. The Labute approximate surface area is 321 Å². The largest absolute Gasteiger partial charge is 0.278 e. The van der Waals surface area contributed by atoms with Gasteiger partial charge in [-0.15, -0.1) is 0 Å². The van der Waals surface area contributed by atoms with Crippen molar-refractivity contribution in [2.24, 2.45) is 0 Å². The highest BCUT2D eigenvalue weighted by molar-refractivity contribution is 5.97. The number of fused-ring (bicyclic) bond motifs is 10. The molecule has 12 rings (SSSR count). The first kappa shape index (κ1) is 30.7. The van der Waals surface area contributed by atoms with Gasteiger partial charge in [0, 0.05) is 11.4 Å². The van der Waals surface area contributed by atoms with E-state index in [1.807, 2.05) is 0 Å². The van der Waals surface area contributed by atoms with Gasteiger partial charge in [-0.25, -0.2) is 9.97 Å². The molecule has 12 aromatic rings. The van der Waals surface area contributed by atoms with Crippen LogP contribution >= 0.6 is 0 Å². The second-order valence-corrected chi connectivity index (χ2v) is 14.4. The van der Waals surface area contributed by atoms with Crippen molar-refractivity contribution in [2.75, 3.05) is 0 Å². The van der Waals surface area contributed by atoms with Gasteiger partial charge in [0.15, 0.2) is 0 Å². The van der Waals surface area contributed by atoms with Crippen molar-refractivity contribution in [3.05, 3.63) is 194 Å². The fourth-order valence-electron chi connectivity index (χ4n) is 8.54. The Hall–Kier alpha value is -7.70. The molecule has 0 aliphatic rings. The summed E-state index contributed by atoms with van der Waals surface area (Å²) in [6.45, 7) is 0. The monoisotopic (exact) mass is 716 g/mol. The molecule has 6 heteroatoms. The molecule has 4 aromatic heterocycles. The van der Waals surface area contributed by atoms with Gasteiger partial charge in [0.25, 0.3) is 0 Å². The van der Waals surface area contributed by atoms with Crippen molar-refractivity contribution in [2.45, 2.75) is 0 Å².